The van der Waals surface area contributed by atoms with Gasteiger partial charge < -0.3 is 20.3 Å². The molecule has 0 bridgehead atoms. The third kappa shape index (κ3) is 4.77. The summed E-state index contributed by atoms with van der Waals surface area (Å²) in [5.41, 5.74) is 1.27. The molecule has 1 aliphatic carbocycles. The van der Waals surface area contributed by atoms with Gasteiger partial charge in [-0.15, -0.1) is 5.10 Å². The van der Waals surface area contributed by atoms with Crippen LogP contribution in [0.1, 0.15) is 69.7 Å². The summed E-state index contributed by atoms with van der Waals surface area (Å²) >= 11 is 0. The Morgan fingerprint density at radius 1 is 1.20 bits per heavy atom. The summed E-state index contributed by atoms with van der Waals surface area (Å²) in [6.45, 7) is 5.37. The summed E-state index contributed by atoms with van der Waals surface area (Å²) in [4.78, 5) is 26.6. The lowest BCUT2D eigenvalue weighted by molar-refractivity contribution is -0.134. The standard InChI is InChI=1S/C21H34N6O3/c1-2-9-22-20(29)23-12-17-18-13-30-21(15-27(18)25-24-17)8-10-26(14-21)19(28)11-16-6-4-3-5-7-16/h16H,2-15H2,1H3,(H2,22,23,29). The van der Waals surface area contributed by atoms with Gasteiger partial charge in [0.1, 0.15) is 11.3 Å². The van der Waals surface area contributed by atoms with Crippen molar-refractivity contribution in [2.45, 2.75) is 83.6 Å². The van der Waals surface area contributed by atoms with E-state index in [4.69, 9.17) is 4.74 Å². The van der Waals surface area contributed by atoms with E-state index in [0.29, 0.717) is 45.1 Å². The maximum atomic E-state index is 12.8. The van der Waals surface area contributed by atoms with Crippen molar-refractivity contribution in [1.82, 2.24) is 30.5 Å². The first-order chi connectivity index (χ1) is 14.6. The van der Waals surface area contributed by atoms with Crippen LogP contribution in [0.4, 0.5) is 4.79 Å². The maximum Gasteiger partial charge on any atom is 0.315 e. The van der Waals surface area contributed by atoms with E-state index in [2.05, 4.69) is 20.9 Å². The number of nitrogens with one attached hydrogen (secondary N) is 2. The lowest BCUT2D eigenvalue weighted by Gasteiger charge is -2.34. The van der Waals surface area contributed by atoms with E-state index in [-0.39, 0.29) is 17.5 Å². The minimum atomic E-state index is -0.369. The van der Waals surface area contributed by atoms with Gasteiger partial charge in [-0.3, -0.25) is 4.79 Å². The quantitative estimate of drug-likeness (QED) is 0.735. The third-order valence-electron chi connectivity index (χ3n) is 6.68. The van der Waals surface area contributed by atoms with E-state index in [1.807, 2.05) is 16.5 Å². The molecular formula is C21H34N6O3. The SMILES string of the molecule is CCCNC(=O)NCc1nnn2c1COC1(CCN(C(=O)CC3CCCCC3)C1)C2. The summed E-state index contributed by atoms with van der Waals surface area (Å²) in [5.74, 6) is 0.830. The number of likely N-dealkylation sites (tertiary alicyclic amines) is 1. The molecule has 2 N–H and O–H groups in total. The van der Waals surface area contributed by atoms with Crippen LogP contribution >= 0.6 is 0 Å². The molecule has 2 fully saturated rings. The minimum Gasteiger partial charge on any atom is -0.365 e. The highest BCUT2D eigenvalue weighted by Gasteiger charge is 2.44. The molecule has 1 saturated carbocycles. The van der Waals surface area contributed by atoms with Crippen LogP contribution in [0.25, 0.3) is 0 Å². The minimum absolute atomic E-state index is 0.199. The average molecular weight is 419 g/mol. The van der Waals surface area contributed by atoms with Gasteiger partial charge in [0.2, 0.25) is 5.91 Å². The number of amides is 3. The van der Waals surface area contributed by atoms with Crippen LogP contribution < -0.4 is 10.6 Å². The Balaban J connectivity index is 1.30. The second-order valence-electron chi connectivity index (χ2n) is 9.00. The number of aromatic nitrogens is 3. The number of carbonyl (C=O) groups is 2. The molecule has 3 amide bonds. The first-order valence-electron chi connectivity index (χ1n) is 11.4. The number of ether oxygens (including phenoxy) is 1. The molecular weight excluding hydrogens is 384 g/mol. The van der Waals surface area contributed by atoms with Crippen LogP contribution in [0.3, 0.4) is 0 Å². The van der Waals surface area contributed by atoms with Crippen molar-refractivity contribution in [3.05, 3.63) is 11.4 Å². The Labute approximate surface area is 177 Å². The molecule has 0 radical (unpaired) electrons. The van der Waals surface area contributed by atoms with Crippen molar-refractivity contribution in [3.8, 4) is 0 Å². The molecule has 1 saturated heterocycles. The number of rotatable bonds is 6. The molecule has 3 aliphatic rings. The number of nitrogens with zero attached hydrogens (tertiary/aromatic N) is 4. The summed E-state index contributed by atoms with van der Waals surface area (Å²) in [5, 5.41) is 14.1. The van der Waals surface area contributed by atoms with Crippen molar-refractivity contribution in [1.29, 1.82) is 0 Å². The van der Waals surface area contributed by atoms with E-state index >= 15 is 0 Å². The van der Waals surface area contributed by atoms with E-state index in [1.54, 1.807) is 0 Å². The third-order valence-corrected chi connectivity index (χ3v) is 6.68. The molecule has 1 aromatic heterocycles. The molecule has 9 heteroatoms. The second kappa shape index (κ2) is 9.32. The predicted octanol–water partition coefficient (Wildman–Crippen LogP) is 1.96. The molecule has 1 atom stereocenters. The summed E-state index contributed by atoms with van der Waals surface area (Å²) in [7, 11) is 0. The van der Waals surface area contributed by atoms with Crippen LogP contribution in [-0.2, 0) is 29.2 Å². The van der Waals surface area contributed by atoms with Gasteiger partial charge in [0, 0.05) is 19.5 Å². The van der Waals surface area contributed by atoms with Crippen LogP contribution in [0, 0.1) is 5.92 Å². The van der Waals surface area contributed by atoms with Gasteiger partial charge in [0.05, 0.1) is 31.9 Å². The number of fused-ring (bicyclic) bond motifs is 1. The number of hydrogen-bond acceptors (Lipinski definition) is 5. The molecule has 0 aromatic carbocycles. The summed E-state index contributed by atoms with van der Waals surface area (Å²) in [6, 6.07) is -0.199. The van der Waals surface area contributed by atoms with Gasteiger partial charge in [-0.2, -0.15) is 0 Å². The van der Waals surface area contributed by atoms with Crippen molar-refractivity contribution < 1.29 is 14.3 Å². The number of carbonyl (C=O) groups excluding carboxylic acids is 2. The smallest absolute Gasteiger partial charge is 0.315 e. The van der Waals surface area contributed by atoms with E-state index in [0.717, 1.165) is 30.8 Å². The lowest BCUT2D eigenvalue weighted by atomic mass is 9.86. The highest BCUT2D eigenvalue weighted by atomic mass is 16.5. The van der Waals surface area contributed by atoms with Gasteiger partial charge in [-0.25, -0.2) is 9.48 Å². The first kappa shape index (κ1) is 21.1. The average Bonchev–Trinajstić information content (AvgIpc) is 3.35. The number of urea groups is 1. The van der Waals surface area contributed by atoms with Crippen LogP contribution in [0.15, 0.2) is 0 Å². The molecule has 2 aliphatic heterocycles. The molecule has 4 rings (SSSR count). The van der Waals surface area contributed by atoms with Crippen molar-refractivity contribution in [3.63, 3.8) is 0 Å². The molecule has 166 valence electrons. The Morgan fingerprint density at radius 3 is 2.83 bits per heavy atom. The van der Waals surface area contributed by atoms with Crippen LogP contribution in [0.5, 0.6) is 0 Å². The van der Waals surface area contributed by atoms with Gasteiger partial charge in [-0.1, -0.05) is 31.4 Å². The normalized spacial score (nSPS) is 24.1. The maximum absolute atomic E-state index is 12.8. The summed E-state index contributed by atoms with van der Waals surface area (Å²) in [6.07, 6.45) is 8.62. The van der Waals surface area contributed by atoms with Gasteiger partial charge in [0.25, 0.3) is 0 Å². The molecule has 1 aromatic rings. The Hall–Kier alpha value is -2.16. The lowest BCUT2D eigenvalue weighted by Crippen LogP contribution is -2.45. The molecule has 9 nitrogen and oxygen atoms in total. The highest BCUT2D eigenvalue weighted by molar-refractivity contribution is 5.77. The fraction of sp³-hybridized carbons (Fsp3) is 0.810. The van der Waals surface area contributed by atoms with Crippen molar-refractivity contribution >= 4 is 11.9 Å². The Bertz CT molecular complexity index is 760. The zero-order valence-corrected chi connectivity index (χ0v) is 18.0. The second-order valence-corrected chi connectivity index (χ2v) is 9.00. The van der Waals surface area contributed by atoms with Crippen molar-refractivity contribution in [2.75, 3.05) is 19.6 Å². The fourth-order valence-corrected chi connectivity index (χ4v) is 4.87. The van der Waals surface area contributed by atoms with Gasteiger partial charge in [0.15, 0.2) is 0 Å². The van der Waals surface area contributed by atoms with Crippen LogP contribution in [0.2, 0.25) is 0 Å². The zero-order chi connectivity index (χ0) is 21.0. The molecule has 30 heavy (non-hydrogen) atoms. The topological polar surface area (TPSA) is 101 Å². The van der Waals surface area contributed by atoms with E-state index < -0.39 is 0 Å². The molecule has 3 heterocycles. The summed E-state index contributed by atoms with van der Waals surface area (Å²) < 4.78 is 8.16. The largest absolute Gasteiger partial charge is 0.365 e. The van der Waals surface area contributed by atoms with Gasteiger partial charge in [-0.05, 0) is 31.6 Å². The van der Waals surface area contributed by atoms with E-state index in [1.165, 1.54) is 32.1 Å². The Kier molecular flexibility index (Phi) is 6.55. The monoisotopic (exact) mass is 418 g/mol. The van der Waals surface area contributed by atoms with Gasteiger partial charge >= 0.3 is 6.03 Å². The van der Waals surface area contributed by atoms with Crippen LogP contribution in [-0.4, -0.2) is 57.1 Å². The molecule has 1 spiro atoms. The fourth-order valence-electron chi connectivity index (χ4n) is 4.87. The molecule has 1 unspecified atom stereocenters. The van der Waals surface area contributed by atoms with Crippen molar-refractivity contribution in [2.24, 2.45) is 5.92 Å². The predicted molar refractivity (Wildman–Crippen MR) is 110 cm³/mol. The van der Waals surface area contributed by atoms with E-state index in [9.17, 15) is 9.59 Å². The first-order valence-corrected chi connectivity index (χ1v) is 11.4. The zero-order valence-electron chi connectivity index (χ0n) is 18.0. The highest BCUT2D eigenvalue weighted by Crippen LogP contribution is 2.34. The Morgan fingerprint density at radius 2 is 2.03 bits per heavy atom. The number of hydrogen-bond donors (Lipinski definition) is 2.